The highest BCUT2D eigenvalue weighted by molar-refractivity contribution is 6.42. The maximum absolute atomic E-state index is 12.7. The predicted octanol–water partition coefficient (Wildman–Crippen LogP) is 4.86. The fourth-order valence-corrected chi connectivity index (χ4v) is 3.02. The maximum atomic E-state index is 12.7. The Kier molecular flexibility index (Phi) is 5.44. The van der Waals surface area contributed by atoms with E-state index < -0.39 is 12.1 Å². The van der Waals surface area contributed by atoms with Crippen molar-refractivity contribution in [3.05, 3.63) is 62.8 Å². The molecule has 0 aromatic heterocycles. The van der Waals surface area contributed by atoms with Crippen LogP contribution < -0.4 is 9.47 Å². The van der Waals surface area contributed by atoms with Crippen LogP contribution in [0.4, 0.5) is 0 Å². The number of allylic oxidation sites excluding steroid dienone is 1. The summed E-state index contributed by atoms with van der Waals surface area (Å²) in [5.74, 6) is 0.224. The molecule has 27 heavy (non-hydrogen) atoms. The van der Waals surface area contributed by atoms with Crippen LogP contribution in [-0.2, 0) is 9.53 Å². The molecule has 0 spiro atoms. The summed E-state index contributed by atoms with van der Waals surface area (Å²) >= 11 is 11.9. The number of carbonyl (C=O) groups is 2. The van der Waals surface area contributed by atoms with Crippen LogP contribution in [0.3, 0.4) is 0 Å². The van der Waals surface area contributed by atoms with Gasteiger partial charge in [0.15, 0.2) is 11.9 Å². The third-order valence-corrected chi connectivity index (χ3v) is 4.77. The lowest BCUT2D eigenvalue weighted by Gasteiger charge is -2.13. The second kappa shape index (κ2) is 7.62. The van der Waals surface area contributed by atoms with Gasteiger partial charge in [0, 0.05) is 6.07 Å². The van der Waals surface area contributed by atoms with E-state index in [2.05, 4.69) is 4.74 Å². The normalized spacial score (nSPS) is 15.3. The van der Waals surface area contributed by atoms with E-state index in [0.717, 1.165) is 0 Å². The number of hydrogen-bond acceptors (Lipinski definition) is 5. The minimum atomic E-state index is -0.782. The van der Waals surface area contributed by atoms with E-state index in [1.54, 1.807) is 50.3 Å². The van der Waals surface area contributed by atoms with Crippen LogP contribution in [0.1, 0.15) is 28.4 Å². The van der Waals surface area contributed by atoms with Gasteiger partial charge < -0.3 is 14.2 Å². The van der Waals surface area contributed by atoms with Gasteiger partial charge in [0.2, 0.25) is 5.78 Å². The van der Waals surface area contributed by atoms with E-state index in [9.17, 15) is 9.59 Å². The molecule has 0 saturated carbocycles. The van der Waals surface area contributed by atoms with Gasteiger partial charge in [-0.25, -0.2) is 4.79 Å². The fourth-order valence-electron chi connectivity index (χ4n) is 2.72. The van der Waals surface area contributed by atoms with Crippen molar-refractivity contribution in [1.82, 2.24) is 0 Å². The Labute approximate surface area is 166 Å². The number of methoxy groups -OCH3 is 1. The molecule has 1 aliphatic rings. The Balaban J connectivity index is 1.90. The van der Waals surface area contributed by atoms with Crippen molar-refractivity contribution in [2.75, 3.05) is 7.11 Å². The number of fused-ring (bicyclic) bond motifs is 1. The molecule has 0 fully saturated rings. The second-order valence-electron chi connectivity index (χ2n) is 6.01. The number of rotatable bonds is 4. The molecule has 5 nitrogen and oxygen atoms in total. The summed E-state index contributed by atoms with van der Waals surface area (Å²) in [7, 11) is 1.29. The van der Waals surface area contributed by atoms with Crippen molar-refractivity contribution in [3.8, 4) is 11.5 Å². The molecule has 0 amide bonds. The third kappa shape index (κ3) is 3.94. The number of ether oxygens (including phenoxy) is 3. The quantitative estimate of drug-likeness (QED) is 0.535. The first-order valence-electron chi connectivity index (χ1n) is 8.08. The molecule has 0 bridgehead atoms. The van der Waals surface area contributed by atoms with Gasteiger partial charge in [-0.3, -0.25) is 4.79 Å². The minimum absolute atomic E-state index is 0.171. The lowest BCUT2D eigenvalue weighted by atomic mass is 10.0. The molecule has 0 aliphatic carbocycles. The maximum Gasteiger partial charge on any atom is 0.346 e. The van der Waals surface area contributed by atoms with Crippen LogP contribution >= 0.6 is 23.2 Å². The molecule has 1 heterocycles. The molecule has 1 aliphatic heterocycles. The minimum Gasteiger partial charge on any atom is -0.479 e. The molecule has 7 heteroatoms. The first kappa shape index (κ1) is 19.3. The Morgan fingerprint density at radius 3 is 2.59 bits per heavy atom. The largest absolute Gasteiger partial charge is 0.479 e. The van der Waals surface area contributed by atoms with Crippen molar-refractivity contribution < 1.29 is 23.8 Å². The van der Waals surface area contributed by atoms with Gasteiger partial charge in [0.25, 0.3) is 0 Å². The van der Waals surface area contributed by atoms with Crippen molar-refractivity contribution in [2.24, 2.45) is 0 Å². The topological polar surface area (TPSA) is 61.8 Å². The first-order valence-corrected chi connectivity index (χ1v) is 8.84. The summed E-state index contributed by atoms with van der Waals surface area (Å²) in [4.78, 5) is 24.2. The van der Waals surface area contributed by atoms with E-state index >= 15 is 0 Å². The third-order valence-electron chi connectivity index (χ3n) is 4.03. The number of aryl methyl sites for hydroxylation is 1. The molecule has 2 aromatic carbocycles. The number of esters is 1. The number of benzene rings is 2. The fraction of sp³-hybridized carbons (Fsp3) is 0.200. The van der Waals surface area contributed by atoms with Crippen LogP contribution in [0.25, 0.3) is 6.08 Å². The van der Waals surface area contributed by atoms with E-state index in [-0.39, 0.29) is 11.5 Å². The van der Waals surface area contributed by atoms with Crippen LogP contribution in [0, 0.1) is 6.92 Å². The number of Topliss-reactive ketones (excluding diaryl/α,β-unsaturated/α-hetero) is 1. The van der Waals surface area contributed by atoms with Gasteiger partial charge >= 0.3 is 5.97 Å². The van der Waals surface area contributed by atoms with Gasteiger partial charge in [-0.1, -0.05) is 29.3 Å². The van der Waals surface area contributed by atoms with E-state index in [0.29, 0.717) is 38.2 Å². The zero-order valence-electron chi connectivity index (χ0n) is 14.8. The molecular formula is C20H16Cl2O5. The van der Waals surface area contributed by atoms with Gasteiger partial charge in [-0.2, -0.15) is 0 Å². The number of ketones is 1. The number of halogens is 2. The van der Waals surface area contributed by atoms with Gasteiger partial charge in [0.1, 0.15) is 11.5 Å². The summed E-state index contributed by atoms with van der Waals surface area (Å²) in [5, 5.41) is 0.816. The van der Waals surface area contributed by atoms with Crippen molar-refractivity contribution in [2.45, 2.75) is 20.0 Å². The highest BCUT2D eigenvalue weighted by Gasteiger charge is 2.30. The van der Waals surface area contributed by atoms with Crippen molar-refractivity contribution in [3.63, 3.8) is 0 Å². The number of carbonyl (C=O) groups excluding carboxylic acids is 2. The van der Waals surface area contributed by atoms with Crippen LogP contribution in [0.15, 0.2) is 36.1 Å². The second-order valence-corrected chi connectivity index (χ2v) is 6.82. The van der Waals surface area contributed by atoms with Gasteiger partial charge in [0.05, 0.1) is 22.7 Å². The highest BCUT2D eigenvalue weighted by atomic mass is 35.5. The summed E-state index contributed by atoms with van der Waals surface area (Å²) in [6, 6.07) is 8.29. The lowest BCUT2D eigenvalue weighted by molar-refractivity contribution is -0.147. The lowest BCUT2D eigenvalue weighted by Crippen LogP contribution is -2.24. The average molecular weight is 407 g/mol. The van der Waals surface area contributed by atoms with E-state index in [4.69, 9.17) is 32.7 Å². The first-order chi connectivity index (χ1) is 12.8. The van der Waals surface area contributed by atoms with Gasteiger partial charge in [-0.05, 0) is 49.2 Å². The molecule has 2 aromatic rings. The van der Waals surface area contributed by atoms with Gasteiger partial charge in [-0.15, -0.1) is 0 Å². The molecule has 0 radical (unpaired) electrons. The highest BCUT2D eigenvalue weighted by Crippen LogP contribution is 2.38. The van der Waals surface area contributed by atoms with E-state index in [1.165, 1.54) is 7.11 Å². The van der Waals surface area contributed by atoms with Crippen molar-refractivity contribution in [1.29, 1.82) is 0 Å². The Hall–Kier alpha value is -2.50. The Morgan fingerprint density at radius 2 is 1.93 bits per heavy atom. The summed E-state index contributed by atoms with van der Waals surface area (Å²) in [5.41, 5.74) is 1.83. The summed E-state index contributed by atoms with van der Waals surface area (Å²) in [6.07, 6.45) is 0.817. The molecule has 1 unspecified atom stereocenters. The monoisotopic (exact) mass is 406 g/mol. The smallest absolute Gasteiger partial charge is 0.346 e. The molecule has 0 saturated heterocycles. The Morgan fingerprint density at radius 1 is 1.19 bits per heavy atom. The van der Waals surface area contributed by atoms with Crippen LogP contribution in [0.5, 0.6) is 11.5 Å². The Bertz CT molecular complexity index is 965. The molecule has 0 N–H and O–H groups in total. The standard InChI is InChI=1S/C20H16Cl2O5/c1-10-6-13(26-11(2)20(24)25-3)9-16-18(10)19(23)17(27-16)8-12-4-5-14(21)15(22)7-12/h4-9,11H,1-3H3/b17-8-. The zero-order chi connectivity index (χ0) is 19.7. The summed E-state index contributed by atoms with van der Waals surface area (Å²) in [6.45, 7) is 3.36. The molecule has 1 atom stereocenters. The zero-order valence-corrected chi connectivity index (χ0v) is 16.4. The van der Waals surface area contributed by atoms with Crippen LogP contribution in [0.2, 0.25) is 10.0 Å². The average Bonchev–Trinajstić information content (AvgIpc) is 2.93. The molecule has 140 valence electrons. The van der Waals surface area contributed by atoms with E-state index in [1.807, 2.05) is 0 Å². The molecule has 3 rings (SSSR count). The molecular weight excluding hydrogens is 391 g/mol. The van der Waals surface area contributed by atoms with Crippen LogP contribution in [-0.4, -0.2) is 25.0 Å². The number of hydrogen-bond donors (Lipinski definition) is 0. The SMILES string of the molecule is COC(=O)C(C)Oc1cc(C)c2c(c1)O/C(=C\c1ccc(Cl)c(Cl)c1)C2=O. The van der Waals surface area contributed by atoms with Crippen molar-refractivity contribution >= 4 is 41.0 Å². The summed E-state index contributed by atoms with van der Waals surface area (Å²) < 4.78 is 15.9. The predicted molar refractivity (Wildman–Crippen MR) is 103 cm³/mol.